The van der Waals surface area contributed by atoms with Gasteiger partial charge in [0.2, 0.25) is 0 Å². The zero-order chi connectivity index (χ0) is 14.4. The Labute approximate surface area is 122 Å². The summed E-state index contributed by atoms with van der Waals surface area (Å²) in [7, 11) is 0. The van der Waals surface area contributed by atoms with E-state index in [1.165, 1.54) is 0 Å². The number of imidazole rings is 1. The van der Waals surface area contributed by atoms with Gasteiger partial charge in [-0.15, -0.1) is 0 Å². The van der Waals surface area contributed by atoms with Crippen molar-refractivity contribution in [2.45, 2.75) is 18.8 Å². The summed E-state index contributed by atoms with van der Waals surface area (Å²) in [5.41, 5.74) is 10.0. The van der Waals surface area contributed by atoms with Crippen LogP contribution in [0.15, 0.2) is 42.5 Å². The molecule has 0 saturated heterocycles. The van der Waals surface area contributed by atoms with Crippen molar-refractivity contribution < 1.29 is 0 Å². The molecule has 1 saturated carbocycles. The fourth-order valence-electron chi connectivity index (χ4n) is 2.75. The Morgan fingerprint density at radius 3 is 2.76 bits per heavy atom. The van der Waals surface area contributed by atoms with E-state index in [1.54, 1.807) is 0 Å². The highest BCUT2D eigenvalue weighted by Crippen LogP contribution is 2.42. The number of hydrogen-bond acceptors (Lipinski definition) is 3. The van der Waals surface area contributed by atoms with Gasteiger partial charge in [0.1, 0.15) is 11.9 Å². The molecule has 1 aliphatic carbocycles. The molecule has 0 aliphatic heterocycles. The highest BCUT2D eigenvalue weighted by Gasteiger charge is 2.30. The average Bonchev–Trinajstić information content (AvgIpc) is 3.28. The summed E-state index contributed by atoms with van der Waals surface area (Å²) in [4.78, 5) is 4.76. The van der Waals surface area contributed by atoms with Gasteiger partial charge < -0.3 is 5.73 Å². The third-order valence-corrected chi connectivity index (χ3v) is 3.91. The van der Waals surface area contributed by atoms with Gasteiger partial charge >= 0.3 is 0 Å². The Hall–Kier alpha value is -2.80. The van der Waals surface area contributed by atoms with Crippen molar-refractivity contribution in [2.24, 2.45) is 0 Å². The molecule has 4 heteroatoms. The van der Waals surface area contributed by atoms with Gasteiger partial charge in [-0.05, 0) is 43.2 Å². The summed E-state index contributed by atoms with van der Waals surface area (Å²) in [5, 5.41) is 9.37. The normalized spacial score (nSPS) is 14.2. The number of nitrogen functional groups attached to an aromatic ring is 1. The quantitative estimate of drug-likeness (QED) is 0.728. The van der Waals surface area contributed by atoms with Crippen molar-refractivity contribution in [1.82, 2.24) is 9.55 Å². The molecule has 4 nitrogen and oxygen atoms in total. The van der Waals surface area contributed by atoms with Crippen LogP contribution < -0.4 is 5.73 Å². The predicted octanol–water partition coefficient (Wildman–Crippen LogP) is 3.36. The fraction of sp³-hybridized carbons (Fsp3) is 0.176. The SMILES string of the molecule is N#Cc1ccccc1-n1c(C2CC2)nc2cc(N)ccc21. The number of nitrogens with two attached hydrogens (primary N) is 1. The standard InChI is InChI=1S/C17H14N4/c18-10-12-3-1-2-4-15(12)21-16-8-7-13(19)9-14(16)20-17(21)11-5-6-11/h1-4,7-9,11H,5-6,19H2. The number of nitriles is 1. The zero-order valence-electron chi connectivity index (χ0n) is 11.5. The molecule has 0 bridgehead atoms. The van der Waals surface area contributed by atoms with E-state index in [-0.39, 0.29) is 0 Å². The molecule has 0 unspecified atom stereocenters. The summed E-state index contributed by atoms with van der Waals surface area (Å²) in [6.07, 6.45) is 2.32. The number of para-hydroxylation sites is 1. The maximum atomic E-state index is 9.37. The maximum Gasteiger partial charge on any atom is 0.117 e. The molecule has 2 aromatic carbocycles. The molecule has 0 atom stereocenters. The van der Waals surface area contributed by atoms with Crippen LogP contribution in [-0.2, 0) is 0 Å². The largest absolute Gasteiger partial charge is 0.399 e. The lowest BCUT2D eigenvalue weighted by molar-refractivity contribution is 0.894. The van der Waals surface area contributed by atoms with Crippen LogP contribution in [0.25, 0.3) is 16.7 Å². The van der Waals surface area contributed by atoms with E-state index in [9.17, 15) is 5.26 Å². The highest BCUT2D eigenvalue weighted by atomic mass is 15.1. The van der Waals surface area contributed by atoms with Gasteiger partial charge in [0.05, 0.1) is 22.3 Å². The number of nitrogens with zero attached hydrogens (tertiary/aromatic N) is 3. The lowest BCUT2D eigenvalue weighted by atomic mass is 10.2. The van der Waals surface area contributed by atoms with E-state index in [0.29, 0.717) is 17.2 Å². The Bertz CT molecular complexity index is 881. The number of anilines is 1. The monoisotopic (exact) mass is 274 g/mol. The van der Waals surface area contributed by atoms with Gasteiger partial charge in [-0.25, -0.2) is 4.98 Å². The Balaban J connectivity index is 2.07. The van der Waals surface area contributed by atoms with Crippen LogP contribution >= 0.6 is 0 Å². The molecular weight excluding hydrogens is 260 g/mol. The summed E-state index contributed by atoms with van der Waals surface area (Å²) < 4.78 is 2.12. The molecule has 3 aromatic rings. The third kappa shape index (κ3) is 1.86. The molecule has 102 valence electrons. The zero-order valence-corrected chi connectivity index (χ0v) is 11.5. The molecular formula is C17H14N4. The Kier molecular flexibility index (Phi) is 2.48. The van der Waals surface area contributed by atoms with Crippen molar-refractivity contribution >= 4 is 16.7 Å². The summed E-state index contributed by atoms with van der Waals surface area (Å²) >= 11 is 0. The average molecular weight is 274 g/mol. The Morgan fingerprint density at radius 1 is 1.19 bits per heavy atom. The third-order valence-electron chi connectivity index (χ3n) is 3.91. The van der Waals surface area contributed by atoms with E-state index in [0.717, 1.165) is 35.4 Å². The topological polar surface area (TPSA) is 67.6 Å². The first kappa shape index (κ1) is 12.0. The number of benzene rings is 2. The molecule has 0 radical (unpaired) electrons. The van der Waals surface area contributed by atoms with Crippen molar-refractivity contribution in [3.8, 4) is 11.8 Å². The summed E-state index contributed by atoms with van der Waals surface area (Å²) in [6, 6.07) is 15.7. The minimum atomic E-state index is 0.491. The molecule has 0 spiro atoms. The minimum absolute atomic E-state index is 0.491. The second-order valence-electron chi connectivity index (χ2n) is 5.46. The highest BCUT2D eigenvalue weighted by molar-refractivity contribution is 5.82. The van der Waals surface area contributed by atoms with Crippen LogP contribution in [0.5, 0.6) is 0 Å². The van der Waals surface area contributed by atoms with Crippen LogP contribution in [0, 0.1) is 11.3 Å². The molecule has 1 aromatic heterocycles. The Morgan fingerprint density at radius 2 is 2.00 bits per heavy atom. The smallest absolute Gasteiger partial charge is 0.117 e. The van der Waals surface area contributed by atoms with Crippen LogP contribution in [0.2, 0.25) is 0 Å². The first-order chi connectivity index (χ1) is 10.3. The van der Waals surface area contributed by atoms with Crippen molar-refractivity contribution in [3.63, 3.8) is 0 Å². The lowest BCUT2D eigenvalue weighted by Crippen LogP contribution is -2.02. The minimum Gasteiger partial charge on any atom is -0.399 e. The maximum absolute atomic E-state index is 9.37. The van der Waals surface area contributed by atoms with Gasteiger partial charge in [-0.1, -0.05) is 12.1 Å². The first-order valence-corrected chi connectivity index (χ1v) is 7.05. The van der Waals surface area contributed by atoms with Crippen molar-refractivity contribution in [1.29, 1.82) is 5.26 Å². The van der Waals surface area contributed by atoms with Crippen LogP contribution in [-0.4, -0.2) is 9.55 Å². The van der Waals surface area contributed by atoms with E-state index in [1.807, 2.05) is 42.5 Å². The molecule has 1 heterocycles. The van der Waals surface area contributed by atoms with E-state index in [2.05, 4.69) is 10.6 Å². The second kappa shape index (κ2) is 4.35. The lowest BCUT2D eigenvalue weighted by Gasteiger charge is -2.10. The molecule has 1 fully saturated rings. The second-order valence-corrected chi connectivity index (χ2v) is 5.46. The van der Waals surface area contributed by atoms with Gasteiger partial charge in [0.15, 0.2) is 0 Å². The van der Waals surface area contributed by atoms with Gasteiger partial charge in [0, 0.05) is 11.6 Å². The molecule has 4 rings (SSSR count). The van der Waals surface area contributed by atoms with Gasteiger partial charge in [-0.2, -0.15) is 5.26 Å². The number of aromatic nitrogens is 2. The van der Waals surface area contributed by atoms with E-state index in [4.69, 9.17) is 10.7 Å². The molecule has 2 N–H and O–H groups in total. The van der Waals surface area contributed by atoms with Gasteiger partial charge in [0.25, 0.3) is 0 Å². The number of rotatable bonds is 2. The van der Waals surface area contributed by atoms with Gasteiger partial charge in [-0.3, -0.25) is 4.57 Å². The molecule has 0 amide bonds. The summed E-state index contributed by atoms with van der Waals surface area (Å²) in [5.74, 6) is 1.53. The van der Waals surface area contributed by atoms with Crippen LogP contribution in [0.3, 0.4) is 0 Å². The van der Waals surface area contributed by atoms with Crippen LogP contribution in [0.4, 0.5) is 5.69 Å². The molecule has 1 aliphatic rings. The number of fused-ring (bicyclic) bond motifs is 1. The van der Waals surface area contributed by atoms with Crippen molar-refractivity contribution in [2.75, 3.05) is 5.73 Å². The van der Waals surface area contributed by atoms with Crippen LogP contribution in [0.1, 0.15) is 30.1 Å². The molecule has 21 heavy (non-hydrogen) atoms. The van der Waals surface area contributed by atoms with E-state index >= 15 is 0 Å². The fourth-order valence-corrected chi connectivity index (χ4v) is 2.75. The van der Waals surface area contributed by atoms with Crippen molar-refractivity contribution in [3.05, 3.63) is 53.9 Å². The first-order valence-electron chi connectivity index (χ1n) is 7.05. The summed E-state index contributed by atoms with van der Waals surface area (Å²) in [6.45, 7) is 0. The predicted molar refractivity (Wildman–Crippen MR) is 82.2 cm³/mol. The van der Waals surface area contributed by atoms with E-state index < -0.39 is 0 Å². The number of hydrogen-bond donors (Lipinski definition) is 1.